The minimum absolute atomic E-state index is 0.00858. The van der Waals surface area contributed by atoms with Gasteiger partial charge in [0.25, 0.3) is 5.91 Å². The number of nitrogens with one attached hydrogen (secondary N) is 1. The fourth-order valence-corrected chi connectivity index (χ4v) is 6.46. The van der Waals surface area contributed by atoms with E-state index in [1.165, 1.54) is 0 Å². The quantitative estimate of drug-likeness (QED) is 0.286. The summed E-state index contributed by atoms with van der Waals surface area (Å²) in [4.78, 5) is 33.2. The normalized spacial score (nSPS) is 17.5. The van der Waals surface area contributed by atoms with E-state index in [1.807, 2.05) is 41.3 Å². The van der Waals surface area contributed by atoms with E-state index in [1.54, 1.807) is 18.3 Å². The molecule has 0 unspecified atom stereocenters. The Morgan fingerprint density at radius 2 is 1.91 bits per heavy atom. The van der Waals surface area contributed by atoms with Crippen LogP contribution in [0.2, 0.25) is 0 Å². The zero-order valence-electron chi connectivity index (χ0n) is 23.7. The van der Waals surface area contributed by atoms with E-state index in [-0.39, 0.29) is 24.0 Å². The lowest BCUT2D eigenvalue weighted by atomic mass is 9.82. The molecule has 1 aliphatic carbocycles. The second-order valence-electron chi connectivity index (χ2n) is 11.7. The van der Waals surface area contributed by atoms with Crippen molar-refractivity contribution in [3.05, 3.63) is 72.1 Å². The maximum Gasteiger partial charge on any atom is 0.253 e. The number of tetrazole rings is 1. The number of likely N-dealkylation sites (tertiary alicyclic amines) is 1. The average molecular weight is 594 g/mol. The molecule has 0 atom stereocenters. The van der Waals surface area contributed by atoms with Crippen molar-refractivity contribution in [1.82, 2.24) is 35.1 Å². The van der Waals surface area contributed by atoms with Crippen molar-refractivity contribution in [2.75, 3.05) is 20.0 Å². The number of hydrogen-bond donors (Lipinski definition) is 1. The average Bonchev–Trinajstić information content (AvgIpc) is 3.55. The number of fused-ring (bicyclic) bond motifs is 2. The predicted molar refractivity (Wildman–Crippen MR) is 157 cm³/mol. The Morgan fingerprint density at radius 3 is 2.64 bits per heavy atom. The van der Waals surface area contributed by atoms with Crippen molar-refractivity contribution >= 4 is 22.6 Å². The molecule has 3 aromatic heterocycles. The van der Waals surface area contributed by atoms with Crippen LogP contribution in [-0.4, -0.2) is 72.3 Å². The van der Waals surface area contributed by atoms with Gasteiger partial charge in [0.1, 0.15) is 11.4 Å². The Morgan fingerprint density at radius 1 is 1.07 bits per heavy atom. The molecule has 1 N–H and O–H groups in total. The summed E-state index contributed by atoms with van der Waals surface area (Å²) in [5, 5.41) is 15.6. The third kappa shape index (κ3) is 4.57. The van der Waals surface area contributed by atoms with Crippen LogP contribution >= 0.6 is 0 Å². The maximum atomic E-state index is 13.9. The molecule has 2 aliphatic heterocycles. The molecule has 3 aliphatic rings. The Bertz CT molecular complexity index is 1890. The van der Waals surface area contributed by atoms with E-state index in [0.29, 0.717) is 54.7 Å². The van der Waals surface area contributed by atoms with Crippen molar-refractivity contribution in [3.8, 4) is 34.1 Å². The van der Waals surface area contributed by atoms with Gasteiger partial charge in [0.05, 0.1) is 12.0 Å². The third-order valence-electron chi connectivity index (χ3n) is 8.93. The molecule has 1 amide bonds. The number of hydrogen-bond acceptors (Lipinski definition) is 8. The predicted octanol–water partition coefficient (Wildman–Crippen LogP) is 5.16. The van der Waals surface area contributed by atoms with Crippen molar-refractivity contribution in [3.63, 3.8) is 0 Å². The molecule has 1 spiro atoms. The molecule has 222 valence electrons. The number of amides is 1. The topological polar surface area (TPSA) is 128 Å². The van der Waals surface area contributed by atoms with E-state index in [9.17, 15) is 14.0 Å². The first-order valence-electron chi connectivity index (χ1n) is 14.7. The van der Waals surface area contributed by atoms with Gasteiger partial charge in [0.2, 0.25) is 18.6 Å². The van der Waals surface area contributed by atoms with Crippen molar-refractivity contribution in [2.45, 2.75) is 43.7 Å². The van der Waals surface area contributed by atoms with Crippen LogP contribution in [0.1, 0.15) is 58.9 Å². The highest BCUT2D eigenvalue weighted by atomic mass is 19.1. The zero-order chi connectivity index (χ0) is 29.8. The van der Waals surface area contributed by atoms with Crippen LogP contribution in [0.5, 0.6) is 11.6 Å². The lowest BCUT2D eigenvalue weighted by Gasteiger charge is -2.44. The number of aromatic amines is 1. The number of carbonyl (C=O) groups excluding carboxylic acids is 2. The SMILES string of the molecule is O=C1CC2(CCN(C(=O)c3cc(-c4nn[nH]n4)c4ccn(C5CC5)c4c3)CC2)Oc2ccc(-c3ccc(OCF)nc3)cc21. The Hall–Kier alpha value is -5.13. The van der Waals surface area contributed by atoms with Crippen LogP contribution < -0.4 is 9.47 Å². The first kappa shape index (κ1) is 26.5. The van der Waals surface area contributed by atoms with Crippen LogP contribution in [0.3, 0.4) is 0 Å². The first-order chi connectivity index (χ1) is 21.5. The van der Waals surface area contributed by atoms with E-state index >= 15 is 0 Å². The molecule has 2 fully saturated rings. The molecule has 8 rings (SSSR count). The molecule has 44 heavy (non-hydrogen) atoms. The number of nitrogens with zero attached hydrogens (tertiary/aromatic N) is 6. The van der Waals surface area contributed by atoms with Crippen LogP contribution in [0.25, 0.3) is 33.4 Å². The number of pyridine rings is 1. The molecule has 0 bridgehead atoms. The summed E-state index contributed by atoms with van der Waals surface area (Å²) >= 11 is 0. The Kier molecular flexibility index (Phi) is 6.17. The van der Waals surface area contributed by atoms with Crippen molar-refractivity contribution < 1.29 is 23.5 Å². The summed E-state index contributed by atoms with van der Waals surface area (Å²) in [7, 11) is 0. The summed E-state index contributed by atoms with van der Waals surface area (Å²) in [5.74, 6) is 1.13. The highest BCUT2D eigenvalue weighted by Gasteiger charge is 2.44. The van der Waals surface area contributed by atoms with Crippen molar-refractivity contribution in [2.24, 2.45) is 0 Å². The molecule has 2 aromatic carbocycles. The van der Waals surface area contributed by atoms with Gasteiger partial charge >= 0.3 is 0 Å². The third-order valence-corrected chi connectivity index (χ3v) is 8.93. The lowest BCUT2D eigenvalue weighted by Crippen LogP contribution is -2.52. The smallest absolute Gasteiger partial charge is 0.253 e. The van der Waals surface area contributed by atoms with Gasteiger partial charge in [-0.2, -0.15) is 5.21 Å². The number of ether oxygens (including phenoxy) is 2. The summed E-state index contributed by atoms with van der Waals surface area (Å²) in [6, 6.07) is 15.2. The molecule has 0 radical (unpaired) electrons. The van der Waals surface area contributed by atoms with E-state index in [2.05, 4.69) is 36.4 Å². The number of rotatable bonds is 6. The summed E-state index contributed by atoms with van der Waals surface area (Å²) in [5.41, 5.74) is 3.79. The van der Waals surface area contributed by atoms with Gasteiger partial charge in [-0.3, -0.25) is 9.59 Å². The monoisotopic (exact) mass is 593 g/mol. The van der Waals surface area contributed by atoms with Gasteiger partial charge < -0.3 is 18.9 Å². The second kappa shape index (κ2) is 10.2. The van der Waals surface area contributed by atoms with Gasteiger partial charge in [0, 0.05) is 78.0 Å². The van der Waals surface area contributed by atoms with Crippen LogP contribution in [-0.2, 0) is 0 Å². The summed E-state index contributed by atoms with van der Waals surface area (Å²) in [6.45, 7) is -0.00650. The molecule has 1 saturated heterocycles. The molecule has 11 nitrogen and oxygen atoms in total. The fourth-order valence-electron chi connectivity index (χ4n) is 6.46. The fraction of sp³-hybridized carbons (Fsp3) is 0.312. The van der Waals surface area contributed by atoms with Crippen LogP contribution in [0.15, 0.2) is 60.9 Å². The number of alkyl halides is 1. The molecule has 5 aromatic rings. The molecule has 1 saturated carbocycles. The van der Waals surface area contributed by atoms with Crippen LogP contribution in [0, 0.1) is 0 Å². The molecule has 12 heteroatoms. The minimum Gasteiger partial charge on any atom is -0.486 e. The highest BCUT2D eigenvalue weighted by molar-refractivity contribution is 6.04. The van der Waals surface area contributed by atoms with Gasteiger partial charge in [-0.1, -0.05) is 6.07 Å². The number of halogens is 1. The number of Topliss-reactive ketones (excluding diaryl/α,β-unsaturated/α-hetero) is 1. The standard InChI is InChI=1S/C32H28FN7O4/c33-18-43-29-6-2-20(17-34-29)19-1-5-28-25(13-19)27(41)16-32(44-28)8-11-39(12-9-32)31(42)21-14-24(30-35-37-38-36-30)23-7-10-40(22-3-4-22)26(23)15-21/h1-2,5-7,10,13-15,17,22H,3-4,8-9,11-12,16,18H2,(H,35,36,37,38). The number of H-pyrrole nitrogens is 1. The zero-order valence-corrected chi connectivity index (χ0v) is 23.7. The molecule has 5 heterocycles. The van der Waals surface area contributed by atoms with Crippen LogP contribution in [0.4, 0.5) is 4.39 Å². The Balaban J connectivity index is 1.01. The number of aromatic nitrogens is 6. The largest absolute Gasteiger partial charge is 0.486 e. The Labute approximate surface area is 251 Å². The van der Waals surface area contributed by atoms with Gasteiger partial charge in [-0.25, -0.2) is 9.37 Å². The number of ketones is 1. The van der Waals surface area contributed by atoms with E-state index in [0.717, 1.165) is 40.4 Å². The van der Waals surface area contributed by atoms with Gasteiger partial charge in [-0.15, -0.1) is 10.2 Å². The summed E-state index contributed by atoms with van der Waals surface area (Å²) in [6.07, 6.45) is 7.24. The van der Waals surface area contributed by atoms with E-state index in [4.69, 9.17) is 9.47 Å². The van der Waals surface area contributed by atoms with Gasteiger partial charge in [-0.05, 0) is 60.0 Å². The lowest BCUT2D eigenvalue weighted by molar-refractivity contribution is -0.00569. The molecular formula is C32H28FN7O4. The number of piperidine rings is 1. The first-order valence-corrected chi connectivity index (χ1v) is 14.7. The number of benzene rings is 2. The second-order valence-corrected chi connectivity index (χ2v) is 11.7. The number of carbonyl (C=O) groups is 2. The minimum atomic E-state index is -0.946. The summed E-state index contributed by atoms with van der Waals surface area (Å²) < 4.78 is 25.9. The maximum absolute atomic E-state index is 13.9. The van der Waals surface area contributed by atoms with E-state index < -0.39 is 12.5 Å². The molecular weight excluding hydrogens is 565 g/mol. The highest BCUT2D eigenvalue weighted by Crippen LogP contribution is 2.42. The van der Waals surface area contributed by atoms with Gasteiger partial charge in [0.15, 0.2) is 5.78 Å². The van der Waals surface area contributed by atoms with Crippen molar-refractivity contribution in [1.29, 1.82) is 0 Å².